The van der Waals surface area contributed by atoms with Crippen LogP contribution in [0.15, 0.2) is 36.4 Å². The molecule has 1 atom stereocenters. The highest BCUT2D eigenvalue weighted by Crippen LogP contribution is 2.26. The van der Waals surface area contributed by atoms with Crippen molar-refractivity contribution in [1.29, 1.82) is 0 Å². The van der Waals surface area contributed by atoms with E-state index in [1.807, 2.05) is 35.6 Å². The molecule has 1 nitrogen and oxygen atoms in total. The molecule has 0 spiro atoms. The third-order valence-electron chi connectivity index (χ3n) is 2.72. The van der Waals surface area contributed by atoms with E-state index in [0.717, 1.165) is 14.7 Å². The molecule has 0 saturated carbocycles. The van der Waals surface area contributed by atoms with Gasteiger partial charge in [0.05, 0.1) is 6.04 Å². The molecule has 0 radical (unpaired) electrons. The van der Waals surface area contributed by atoms with Crippen molar-refractivity contribution < 1.29 is 8.78 Å². The Balaban J connectivity index is 2.44. The van der Waals surface area contributed by atoms with Crippen molar-refractivity contribution in [2.75, 3.05) is 0 Å². The van der Waals surface area contributed by atoms with Crippen molar-refractivity contribution in [1.82, 2.24) is 0 Å². The van der Waals surface area contributed by atoms with E-state index >= 15 is 0 Å². The Morgan fingerprint density at radius 2 is 1.78 bits per heavy atom. The number of hydrogen-bond acceptors (Lipinski definition) is 1. The van der Waals surface area contributed by atoms with Gasteiger partial charge in [0, 0.05) is 3.57 Å². The Morgan fingerprint density at radius 3 is 2.39 bits per heavy atom. The minimum atomic E-state index is -0.452. The van der Waals surface area contributed by atoms with Crippen LogP contribution in [0.2, 0.25) is 0 Å². The Labute approximate surface area is 118 Å². The van der Waals surface area contributed by atoms with Gasteiger partial charge in [-0.25, -0.2) is 8.78 Å². The first-order valence-corrected chi connectivity index (χ1v) is 6.53. The van der Waals surface area contributed by atoms with E-state index in [1.165, 1.54) is 24.3 Å². The van der Waals surface area contributed by atoms with Crippen molar-refractivity contribution >= 4 is 22.6 Å². The maximum absolute atomic E-state index is 13.4. The second kappa shape index (κ2) is 5.32. The van der Waals surface area contributed by atoms with Gasteiger partial charge in [-0.1, -0.05) is 12.1 Å². The van der Waals surface area contributed by atoms with Crippen LogP contribution in [0.5, 0.6) is 0 Å². The van der Waals surface area contributed by atoms with Crippen LogP contribution >= 0.6 is 22.6 Å². The lowest BCUT2D eigenvalue weighted by Crippen LogP contribution is -2.14. The molecule has 2 N–H and O–H groups in total. The Kier molecular flexibility index (Phi) is 3.97. The second-order valence-electron chi connectivity index (χ2n) is 4.21. The first kappa shape index (κ1) is 13.4. The summed E-state index contributed by atoms with van der Waals surface area (Å²) in [7, 11) is 0. The zero-order valence-corrected chi connectivity index (χ0v) is 11.9. The van der Waals surface area contributed by atoms with Crippen molar-refractivity contribution in [2.45, 2.75) is 13.0 Å². The molecule has 2 aromatic carbocycles. The molecule has 0 fully saturated rings. The average molecular weight is 359 g/mol. The van der Waals surface area contributed by atoms with Gasteiger partial charge in [0.1, 0.15) is 11.6 Å². The third-order valence-corrected chi connectivity index (χ3v) is 3.66. The fourth-order valence-corrected chi connectivity index (χ4v) is 2.69. The van der Waals surface area contributed by atoms with Gasteiger partial charge in [-0.2, -0.15) is 0 Å². The topological polar surface area (TPSA) is 26.0 Å². The molecular formula is C14H12F2IN. The maximum Gasteiger partial charge on any atom is 0.124 e. The molecule has 94 valence electrons. The van der Waals surface area contributed by atoms with Crippen molar-refractivity contribution in [2.24, 2.45) is 5.73 Å². The van der Waals surface area contributed by atoms with Crippen molar-refractivity contribution in [3.8, 4) is 0 Å². The van der Waals surface area contributed by atoms with Crippen LogP contribution in [-0.2, 0) is 0 Å². The summed E-state index contributed by atoms with van der Waals surface area (Å²) >= 11 is 2.03. The number of halogens is 3. The van der Waals surface area contributed by atoms with Crippen molar-refractivity contribution in [3.05, 3.63) is 68.3 Å². The third kappa shape index (κ3) is 2.87. The number of hydrogen-bond donors (Lipinski definition) is 1. The van der Waals surface area contributed by atoms with Gasteiger partial charge in [-0.3, -0.25) is 0 Å². The summed E-state index contributed by atoms with van der Waals surface area (Å²) in [5.41, 5.74) is 8.41. The molecule has 0 aliphatic carbocycles. The summed E-state index contributed by atoms with van der Waals surface area (Å²) in [4.78, 5) is 0. The lowest BCUT2D eigenvalue weighted by molar-refractivity contribution is 0.620. The minimum Gasteiger partial charge on any atom is -0.320 e. The largest absolute Gasteiger partial charge is 0.320 e. The van der Waals surface area contributed by atoms with Crippen LogP contribution < -0.4 is 5.73 Å². The molecule has 0 bridgehead atoms. The van der Waals surface area contributed by atoms with Crippen LogP contribution in [0, 0.1) is 22.1 Å². The first-order chi connectivity index (χ1) is 8.47. The second-order valence-corrected chi connectivity index (χ2v) is 5.37. The fraction of sp³-hybridized carbons (Fsp3) is 0.143. The van der Waals surface area contributed by atoms with Gasteiger partial charge in [-0.15, -0.1) is 0 Å². The van der Waals surface area contributed by atoms with Crippen LogP contribution in [0.25, 0.3) is 0 Å². The van der Waals surface area contributed by atoms with Gasteiger partial charge >= 0.3 is 0 Å². The summed E-state index contributed by atoms with van der Waals surface area (Å²) in [6, 6.07) is 8.68. The Bertz CT molecular complexity index is 564. The monoisotopic (exact) mass is 359 g/mol. The number of rotatable bonds is 2. The van der Waals surface area contributed by atoms with Crippen molar-refractivity contribution in [3.63, 3.8) is 0 Å². The fourth-order valence-electron chi connectivity index (χ4n) is 1.88. The average Bonchev–Trinajstić information content (AvgIpc) is 2.26. The molecule has 0 aromatic heterocycles. The zero-order valence-electron chi connectivity index (χ0n) is 9.75. The molecule has 0 aliphatic rings. The molecule has 0 saturated heterocycles. The summed E-state index contributed by atoms with van der Waals surface area (Å²) in [6.45, 7) is 1.81. The molecule has 0 amide bonds. The molecule has 18 heavy (non-hydrogen) atoms. The summed E-state index contributed by atoms with van der Waals surface area (Å²) < 4.78 is 27.1. The highest BCUT2D eigenvalue weighted by molar-refractivity contribution is 14.1. The van der Waals surface area contributed by atoms with Crippen LogP contribution in [0.4, 0.5) is 8.78 Å². The lowest BCUT2D eigenvalue weighted by Gasteiger charge is -2.15. The molecule has 1 unspecified atom stereocenters. The van der Waals surface area contributed by atoms with E-state index in [0.29, 0.717) is 5.56 Å². The highest BCUT2D eigenvalue weighted by Gasteiger charge is 2.14. The van der Waals surface area contributed by atoms with E-state index < -0.39 is 6.04 Å². The molecule has 4 heteroatoms. The van der Waals surface area contributed by atoms with Gasteiger partial charge in [0.15, 0.2) is 0 Å². The van der Waals surface area contributed by atoms with Crippen LogP contribution in [0.3, 0.4) is 0 Å². The minimum absolute atomic E-state index is 0.300. The summed E-state index contributed by atoms with van der Waals surface area (Å²) in [5.74, 6) is -0.608. The molecule has 2 aromatic rings. The van der Waals surface area contributed by atoms with E-state index in [9.17, 15) is 8.78 Å². The number of aryl methyl sites for hydroxylation is 1. The predicted octanol–water partition coefficient (Wildman–Crippen LogP) is 3.93. The maximum atomic E-state index is 13.4. The Hall–Kier alpha value is -1.01. The highest BCUT2D eigenvalue weighted by atomic mass is 127. The van der Waals surface area contributed by atoms with Gasteiger partial charge in [-0.05, 0) is 70.5 Å². The standard InChI is InChI=1S/C14H12F2IN/c1-8-4-9(6-11(16)5-8)14(18)12-3-2-10(15)7-13(12)17/h2-7,14H,18H2,1H3. The van der Waals surface area contributed by atoms with Gasteiger partial charge in [0.25, 0.3) is 0 Å². The molecule has 0 aliphatic heterocycles. The smallest absolute Gasteiger partial charge is 0.124 e. The van der Waals surface area contributed by atoms with E-state index in [4.69, 9.17) is 5.73 Å². The van der Waals surface area contributed by atoms with E-state index in [-0.39, 0.29) is 11.6 Å². The lowest BCUT2D eigenvalue weighted by atomic mass is 9.98. The van der Waals surface area contributed by atoms with Crippen LogP contribution in [-0.4, -0.2) is 0 Å². The quantitative estimate of drug-likeness (QED) is 0.808. The summed E-state index contributed by atoms with van der Waals surface area (Å²) in [6.07, 6.45) is 0. The number of nitrogens with two attached hydrogens (primary N) is 1. The van der Waals surface area contributed by atoms with Crippen LogP contribution in [0.1, 0.15) is 22.7 Å². The molecule has 0 heterocycles. The zero-order chi connectivity index (χ0) is 13.3. The molecular weight excluding hydrogens is 347 g/mol. The number of benzene rings is 2. The predicted molar refractivity (Wildman–Crippen MR) is 76.3 cm³/mol. The van der Waals surface area contributed by atoms with E-state index in [1.54, 1.807) is 6.07 Å². The SMILES string of the molecule is Cc1cc(F)cc(C(N)c2ccc(F)cc2I)c1. The van der Waals surface area contributed by atoms with Gasteiger partial charge in [0.2, 0.25) is 0 Å². The normalized spacial score (nSPS) is 12.5. The first-order valence-electron chi connectivity index (χ1n) is 5.45. The van der Waals surface area contributed by atoms with Gasteiger partial charge < -0.3 is 5.73 Å². The Morgan fingerprint density at radius 1 is 1.06 bits per heavy atom. The van der Waals surface area contributed by atoms with E-state index in [2.05, 4.69) is 0 Å². The summed E-state index contributed by atoms with van der Waals surface area (Å²) in [5, 5.41) is 0. The molecule has 2 rings (SSSR count).